The highest BCUT2D eigenvalue weighted by Gasteiger charge is 2.31. The number of carbonyl (C=O) groups excluding carboxylic acids is 5. The standard InChI is InChI=1S/C10H16O.C9H16FNO.C9H14N2.C9H12N2.C9H14N2.C9H15NO.C8H13NO.C7H11FN2.C7H12O.C6H12O2S/c1-10(2,3)8-6-4-5-7-9(8)11;1-6(7(2)10)8(12)11-9(3,4)5;2*1-5-8-10-6-7-11(8)9(2,3)4;1-5-8-6-7-11(10-8)9(2,3)4;1-9(2,3)10-7-5-4-6-8(10)11;1-8(2,3)9-6-4-5-7(9)10;1-7(2,3)10-5-4-6(8)9-10;1-5-6(8)7(2,3)4;1-5-9(7,8)6(2,3)4/h5,7-8H,4,6H2,1-3H3;1-5H3,(H,11,12);5-7H,1H2,2-4H3;1,6-7H,2-4H3;5-7H,1H2,2-4H3;4,6H,5,7H2,1-3H3;4-5H,6H2,1-3H3;4-5H,1-3H3;5H,1H2,2-4H3;5H,1H2,2-4H3/b;7-6-;;;;;;;;. The summed E-state index contributed by atoms with van der Waals surface area (Å²) in [6.45, 7) is 78.1. The number of hydrogen-bond acceptors (Lipinski definition) is 11. The third-order valence-electron chi connectivity index (χ3n) is 14.9. The predicted octanol–water partition coefficient (Wildman–Crippen LogP) is 18.6. The molecule has 4 aromatic rings. The highest BCUT2D eigenvalue weighted by molar-refractivity contribution is 7.95. The van der Waals surface area contributed by atoms with E-state index < -0.39 is 26.4 Å². The highest BCUT2D eigenvalue weighted by atomic mass is 32.2. The van der Waals surface area contributed by atoms with Crippen molar-refractivity contribution < 1.29 is 41.2 Å². The number of allylic oxidation sites excluding steroid dienone is 4. The summed E-state index contributed by atoms with van der Waals surface area (Å²) in [5.74, 6) is 3.88. The number of amides is 3. The van der Waals surface area contributed by atoms with Crippen molar-refractivity contribution in [2.75, 3.05) is 13.1 Å². The average molecular weight is 1470 g/mol. The second kappa shape index (κ2) is 42.1. The van der Waals surface area contributed by atoms with Crippen LogP contribution < -0.4 is 5.32 Å². The number of imidazole rings is 2. The van der Waals surface area contributed by atoms with E-state index in [9.17, 15) is 41.2 Å². The zero-order valence-corrected chi connectivity index (χ0v) is 70.7. The Balaban J connectivity index is -0.00000109. The van der Waals surface area contributed by atoms with E-state index >= 15 is 0 Å². The first-order chi connectivity index (χ1) is 46.7. The lowest BCUT2D eigenvalue weighted by molar-refractivity contribution is -0.131. The number of ketones is 2. The molecule has 6 heterocycles. The normalized spacial score (nSPS) is 14.9. The molecule has 21 heteroatoms. The fourth-order valence-corrected chi connectivity index (χ4v) is 9.01. The first-order valence-corrected chi connectivity index (χ1v) is 36.7. The average Bonchev–Trinajstić information content (AvgIpc) is 1.32. The molecule has 1 atom stereocenters. The predicted molar refractivity (Wildman–Crippen MR) is 430 cm³/mol. The Morgan fingerprint density at radius 3 is 1.31 bits per heavy atom. The summed E-state index contributed by atoms with van der Waals surface area (Å²) in [5.41, 5.74) is 0.675. The molecule has 0 aromatic carbocycles. The number of nitrogens with one attached hydrogen (secondary N) is 1. The fraction of sp³-hybridized carbons (Fsp3) is 0.578. The Morgan fingerprint density at radius 1 is 0.596 bits per heavy atom. The number of halogens is 2. The Labute approximate surface area is 627 Å². The van der Waals surface area contributed by atoms with Gasteiger partial charge in [0.25, 0.3) is 0 Å². The van der Waals surface area contributed by atoms with Crippen molar-refractivity contribution in [2.24, 2.45) is 16.7 Å². The topological polar surface area (TPSA) is 209 Å². The molecule has 3 amide bonds. The molecule has 18 nitrogen and oxygen atoms in total. The Bertz CT molecular complexity index is 3630. The lowest BCUT2D eigenvalue weighted by Gasteiger charge is -2.36. The maximum absolute atomic E-state index is 12.5. The Morgan fingerprint density at radius 2 is 1.06 bits per heavy atom. The Kier molecular flexibility index (Phi) is 40.5. The van der Waals surface area contributed by atoms with Crippen LogP contribution in [0.1, 0.15) is 258 Å². The Hall–Kier alpha value is -8.12. The molecule has 0 bridgehead atoms. The molecular weight excluding hydrogens is 1330 g/mol. The van der Waals surface area contributed by atoms with Crippen LogP contribution in [0.4, 0.5) is 8.78 Å². The van der Waals surface area contributed by atoms with Crippen LogP contribution in [0.15, 0.2) is 135 Å². The molecule has 3 aliphatic rings. The maximum Gasteiger partial charge on any atom is 0.249 e. The van der Waals surface area contributed by atoms with E-state index in [1.807, 2.05) is 145 Å². The van der Waals surface area contributed by atoms with Crippen LogP contribution in [-0.4, -0.2) is 121 Å². The van der Waals surface area contributed by atoms with Gasteiger partial charge in [-0.25, -0.2) is 22.8 Å². The molecule has 0 fully saturated rings. The van der Waals surface area contributed by atoms with Gasteiger partial charge in [0.1, 0.15) is 11.7 Å². The van der Waals surface area contributed by atoms with Gasteiger partial charge in [-0.05, 0) is 247 Å². The van der Waals surface area contributed by atoms with E-state index in [1.165, 1.54) is 26.0 Å². The molecule has 104 heavy (non-hydrogen) atoms. The van der Waals surface area contributed by atoms with Crippen LogP contribution in [0.5, 0.6) is 0 Å². The third kappa shape index (κ3) is 39.7. The van der Waals surface area contributed by atoms with Crippen LogP contribution in [-0.2, 0) is 56.0 Å². The summed E-state index contributed by atoms with van der Waals surface area (Å²) in [6, 6.07) is 3.31. The minimum absolute atomic E-state index is 0.0259. The van der Waals surface area contributed by atoms with Gasteiger partial charge in [-0.2, -0.15) is 9.49 Å². The van der Waals surface area contributed by atoms with Crippen molar-refractivity contribution in [2.45, 2.75) is 284 Å². The smallest absolute Gasteiger partial charge is 0.249 e. The quantitative estimate of drug-likeness (QED) is 0.147. The summed E-state index contributed by atoms with van der Waals surface area (Å²) >= 11 is 0. The van der Waals surface area contributed by atoms with Gasteiger partial charge in [-0.1, -0.05) is 86.1 Å². The molecule has 584 valence electrons. The van der Waals surface area contributed by atoms with Gasteiger partial charge in [0, 0.05) is 112 Å². The number of sulfone groups is 1. The number of terminal acetylenes is 1. The lowest BCUT2D eigenvalue weighted by atomic mass is 9.74. The van der Waals surface area contributed by atoms with E-state index in [0.29, 0.717) is 11.6 Å². The molecule has 1 N–H and O–H groups in total. The van der Waals surface area contributed by atoms with Gasteiger partial charge >= 0.3 is 0 Å². The minimum Gasteiger partial charge on any atom is -0.348 e. The van der Waals surface area contributed by atoms with Gasteiger partial charge < -0.3 is 24.3 Å². The first kappa shape index (κ1) is 100. The van der Waals surface area contributed by atoms with Crippen LogP contribution in [0.2, 0.25) is 0 Å². The van der Waals surface area contributed by atoms with Crippen LogP contribution in [0.3, 0.4) is 0 Å². The second-order valence-electron chi connectivity index (χ2n) is 35.0. The van der Waals surface area contributed by atoms with Crippen molar-refractivity contribution >= 4 is 51.3 Å². The second-order valence-corrected chi connectivity index (χ2v) is 37.6. The third-order valence-corrected chi connectivity index (χ3v) is 17.1. The molecule has 1 aliphatic carbocycles. The van der Waals surface area contributed by atoms with Gasteiger partial charge in [0.2, 0.25) is 23.7 Å². The number of hydrogen-bond donors (Lipinski definition) is 1. The zero-order valence-electron chi connectivity index (χ0n) is 69.9. The molecule has 2 aliphatic heterocycles. The highest BCUT2D eigenvalue weighted by Crippen LogP contribution is 2.33. The van der Waals surface area contributed by atoms with Crippen molar-refractivity contribution in [1.82, 2.24) is 53.8 Å². The summed E-state index contributed by atoms with van der Waals surface area (Å²) in [4.78, 5) is 67.5. The summed E-state index contributed by atoms with van der Waals surface area (Å²) < 4.78 is 53.6. The van der Waals surface area contributed by atoms with Crippen LogP contribution in [0.25, 0.3) is 12.2 Å². The van der Waals surface area contributed by atoms with E-state index in [0.717, 1.165) is 49.3 Å². The summed E-state index contributed by atoms with van der Waals surface area (Å²) in [5, 5.41) is 11.6. The van der Waals surface area contributed by atoms with E-state index in [4.69, 9.17) is 6.42 Å². The minimum atomic E-state index is -3.07. The monoisotopic (exact) mass is 1470 g/mol. The van der Waals surface area contributed by atoms with Gasteiger partial charge in [-0.3, -0.25) is 33.3 Å². The van der Waals surface area contributed by atoms with Crippen molar-refractivity contribution in [3.63, 3.8) is 0 Å². The van der Waals surface area contributed by atoms with E-state index in [2.05, 4.69) is 166 Å². The number of carbonyl (C=O) groups is 5. The van der Waals surface area contributed by atoms with Crippen LogP contribution >= 0.6 is 0 Å². The molecule has 1 unspecified atom stereocenters. The molecule has 4 aromatic heterocycles. The molecule has 0 spiro atoms. The van der Waals surface area contributed by atoms with E-state index in [1.54, 1.807) is 74.4 Å². The lowest BCUT2D eigenvalue weighted by Crippen LogP contribution is -2.46. The first-order valence-electron chi connectivity index (χ1n) is 35.2. The number of aromatic nitrogens is 8. The van der Waals surface area contributed by atoms with Gasteiger partial charge in [-0.15, -0.1) is 11.5 Å². The summed E-state index contributed by atoms with van der Waals surface area (Å²) in [7, 11) is -3.07. The maximum atomic E-state index is 12.5. The van der Waals surface area contributed by atoms with Gasteiger partial charge in [0.05, 0.1) is 21.5 Å². The number of rotatable bonds is 5. The molecular formula is C83H135F2N11O7S. The van der Waals surface area contributed by atoms with Gasteiger partial charge in [0.15, 0.2) is 27.2 Å². The van der Waals surface area contributed by atoms with E-state index in [-0.39, 0.29) is 84.6 Å². The van der Waals surface area contributed by atoms with Crippen molar-refractivity contribution in [3.05, 3.63) is 158 Å². The largest absolute Gasteiger partial charge is 0.348 e. The van der Waals surface area contributed by atoms with Crippen LogP contribution in [0, 0.1) is 35.0 Å². The SMILES string of the molecule is C#Cc1nccn1C(C)(C)C.C/C(F)=C(\C)C(=O)NC(C)(C)C.C=CC(=O)C(C)(C)C.C=CS(=O)(=O)C(C)(C)C.C=Cc1ccn(C(C)(C)C)n1.C=Cc1nccn1C(C)(C)C.CC(C)(C)C1CCC=CC1=O.CC(C)(C)N1CC=CC1=O.CC(C)(C)N1CCC=CC1=O.CC(C)(C)n1ccc(F)n1. The molecule has 0 radical (unpaired) electrons. The zero-order chi connectivity index (χ0) is 82.4. The molecule has 0 saturated carbocycles. The fourth-order valence-electron chi connectivity index (χ4n) is 8.51. The van der Waals surface area contributed by atoms with Crippen molar-refractivity contribution in [1.29, 1.82) is 0 Å². The number of nitrogens with zero attached hydrogens (tertiary/aromatic N) is 10. The van der Waals surface area contributed by atoms with Crippen molar-refractivity contribution in [3.8, 4) is 12.3 Å². The molecule has 0 saturated heterocycles. The molecule has 7 rings (SSSR count). The summed E-state index contributed by atoms with van der Waals surface area (Å²) in [6.07, 6.45) is 35.0.